The summed E-state index contributed by atoms with van der Waals surface area (Å²) in [5, 5.41) is 19.7. The Labute approximate surface area is 238 Å². The Morgan fingerprint density at radius 1 is 0.975 bits per heavy atom. The number of nitrogens with one attached hydrogen (secondary N) is 2. The van der Waals surface area contributed by atoms with Crippen LogP contribution in [-0.4, -0.2) is 40.3 Å². The Morgan fingerprint density at radius 2 is 1.70 bits per heavy atom. The zero-order chi connectivity index (χ0) is 26.8. The Bertz CT molecular complexity index is 1530. The summed E-state index contributed by atoms with van der Waals surface area (Å²) in [4.78, 5) is 1.85. The molecule has 206 valence electrons. The van der Waals surface area contributed by atoms with Crippen molar-refractivity contribution in [2.24, 2.45) is 5.92 Å². The predicted molar refractivity (Wildman–Crippen MR) is 157 cm³/mol. The van der Waals surface area contributed by atoms with E-state index in [2.05, 4.69) is 99.6 Å². The van der Waals surface area contributed by atoms with Crippen molar-refractivity contribution in [1.29, 1.82) is 0 Å². The van der Waals surface area contributed by atoms with Gasteiger partial charge in [-0.05, 0) is 64.4 Å². The summed E-state index contributed by atoms with van der Waals surface area (Å²) < 4.78 is 30.7. The molecule has 1 aliphatic rings. The summed E-state index contributed by atoms with van der Waals surface area (Å²) in [6.45, 7) is 3.98. The van der Waals surface area contributed by atoms with Crippen molar-refractivity contribution in [3.63, 3.8) is 0 Å². The van der Waals surface area contributed by atoms with Crippen LogP contribution in [0, 0.1) is 17.6 Å². The number of piperidine rings is 1. The summed E-state index contributed by atoms with van der Waals surface area (Å²) >= 11 is 0. The third kappa shape index (κ3) is 5.55. The van der Waals surface area contributed by atoms with Gasteiger partial charge in [-0.3, -0.25) is 0 Å². The molecule has 3 unspecified atom stereocenters. The van der Waals surface area contributed by atoms with Crippen molar-refractivity contribution in [3.05, 3.63) is 108 Å². The van der Waals surface area contributed by atoms with Gasteiger partial charge in [0.1, 0.15) is 17.3 Å². The van der Waals surface area contributed by atoms with Gasteiger partial charge in [0.05, 0.1) is 0 Å². The zero-order valence-electron chi connectivity index (χ0n) is 22.1. The van der Waals surface area contributed by atoms with Crippen LogP contribution in [0.4, 0.5) is 14.5 Å². The molecule has 2 N–H and O–H groups in total. The number of aromatic amines is 1. The Kier molecular flexibility index (Phi) is 8.38. The molecule has 1 fully saturated rings. The molecule has 2 heterocycles. The van der Waals surface area contributed by atoms with Crippen LogP contribution in [0.3, 0.4) is 0 Å². The van der Waals surface area contributed by atoms with E-state index in [1.165, 1.54) is 34.0 Å². The van der Waals surface area contributed by atoms with Gasteiger partial charge < -0.3 is 10.2 Å². The quantitative estimate of drug-likeness (QED) is 0.232. The van der Waals surface area contributed by atoms with Crippen LogP contribution < -0.4 is 10.2 Å². The highest BCUT2D eigenvalue weighted by molar-refractivity contribution is 5.86. The lowest BCUT2D eigenvalue weighted by Crippen LogP contribution is -2.44. The molecule has 0 bridgehead atoms. The molecular formula is C31H31ClF2N6. The van der Waals surface area contributed by atoms with Gasteiger partial charge in [0, 0.05) is 31.2 Å². The van der Waals surface area contributed by atoms with E-state index in [1.54, 1.807) is 0 Å². The second-order valence-electron chi connectivity index (χ2n) is 10.2. The standard InChI is InChI=1S/C31H30F2N6.ClH/c1-20(25-13-7-11-22-10-5-6-12-27(22)25)34-18-24-19-39(15-14-26(24)21-8-3-2-4-9-21)30-28(32)16-23(17-29(30)33)31-35-37-38-36-31;/h2-13,16-17,20,24,26,34H,14-15,18-19H2,1H3,(H,35,36,37,38);1H. The van der Waals surface area contributed by atoms with Crippen LogP contribution in [0.25, 0.3) is 22.2 Å². The smallest absolute Gasteiger partial charge is 0.204 e. The average molecular weight is 561 g/mol. The zero-order valence-corrected chi connectivity index (χ0v) is 22.9. The van der Waals surface area contributed by atoms with Gasteiger partial charge in [0.25, 0.3) is 0 Å². The third-order valence-electron chi connectivity index (χ3n) is 7.87. The largest absolute Gasteiger partial charge is 0.366 e. The highest BCUT2D eigenvalue weighted by Crippen LogP contribution is 2.38. The van der Waals surface area contributed by atoms with Gasteiger partial charge in [-0.2, -0.15) is 5.21 Å². The molecule has 0 saturated carbocycles. The summed E-state index contributed by atoms with van der Waals surface area (Å²) in [7, 11) is 0. The minimum atomic E-state index is -0.621. The van der Waals surface area contributed by atoms with E-state index in [0.29, 0.717) is 19.6 Å². The number of hydrogen-bond donors (Lipinski definition) is 2. The van der Waals surface area contributed by atoms with Gasteiger partial charge in [-0.25, -0.2) is 8.78 Å². The van der Waals surface area contributed by atoms with Crippen molar-refractivity contribution in [3.8, 4) is 11.4 Å². The molecule has 1 aromatic heterocycles. The first-order valence-corrected chi connectivity index (χ1v) is 13.3. The second-order valence-corrected chi connectivity index (χ2v) is 10.2. The number of halogens is 3. The van der Waals surface area contributed by atoms with E-state index < -0.39 is 11.6 Å². The minimum absolute atomic E-state index is 0. The van der Waals surface area contributed by atoms with Gasteiger partial charge in [0.15, 0.2) is 0 Å². The molecule has 3 atom stereocenters. The molecule has 0 spiro atoms. The molecular weight excluding hydrogens is 530 g/mol. The van der Waals surface area contributed by atoms with Gasteiger partial charge in [-0.15, -0.1) is 22.6 Å². The maximum absolute atomic E-state index is 15.3. The predicted octanol–water partition coefficient (Wildman–Crippen LogP) is 6.68. The number of benzene rings is 4. The highest BCUT2D eigenvalue weighted by atomic mass is 35.5. The number of nitrogens with zero attached hydrogens (tertiary/aromatic N) is 4. The Hall–Kier alpha value is -3.88. The van der Waals surface area contributed by atoms with Crippen LogP contribution in [0.5, 0.6) is 0 Å². The van der Waals surface area contributed by atoms with Gasteiger partial charge in [-0.1, -0.05) is 72.8 Å². The summed E-state index contributed by atoms with van der Waals surface area (Å²) in [6.07, 6.45) is 0.796. The lowest BCUT2D eigenvalue weighted by atomic mass is 9.80. The van der Waals surface area contributed by atoms with Crippen molar-refractivity contribution in [2.75, 3.05) is 24.5 Å². The number of rotatable bonds is 7. The lowest BCUT2D eigenvalue weighted by Gasteiger charge is -2.41. The van der Waals surface area contributed by atoms with Gasteiger partial charge >= 0.3 is 0 Å². The van der Waals surface area contributed by atoms with Crippen molar-refractivity contribution in [2.45, 2.75) is 25.3 Å². The molecule has 40 heavy (non-hydrogen) atoms. The first kappa shape index (κ1) is 27.7. The molecule has 6 nitrogen and oxygen atoms in total. The topological polar surface area (TPSA) is 69.7 Å². The molecule has 0 amide bonds. The SMILES string of the molecule is CC(NCC1CN(c2c(F)cc(-c3nn[nH]n3)cc2F)CCC1c1ccccc1)c1cccc2ccccc12.Cl. The van der Waals surface area contributed by atoms with E-state index in [0.717, 1.165) is 6.42 Å². The fourth-order valence-corrected chi connectivity index (χ4v) is 5.93. The highest BCUT2D eigenvalue weighted by Gasteiger charge is 2.33. The number of H-pyrrole nitrogens is 1. The Morgan fingerprint density at radius 3 is 2.45 bits per heavy atom. The van der Waals surface area contributed by atoms with Crippen molar-refractivity contribution >= 4 is 28.9 Å². The fraction of sp³-hybridized carbons (Fsp3) is 0.258. The summed E-state index contributed by atoms with van der Waals surface area (Å²) in [6, 6.07) is 27.9. The van der Waals surface area contributed by atoms with Crippen LogP contribution in [0.1, 0.15) is 36.4 Å². The summed E-state index contributed by atoms with van der Waals surface area (Å²) in [5.74, 6) is -0.659. The van der Waals surface area contributed by atoms with Crippen molar-refractivity contribution in [1.82, 2.24) is 25.9 Å². The molecule has 1 saturated heterocycles. The van der Waals surface area contributed by atoms with E-state index in [1.807, 2.05) is 11.0 Å². The molecule has 5 aromatic rings. The number of hydrogen-bond acceptors (Lipinski definition) is 5. The van der Waals surface area contributed by atoms with Crippen LogP contribution >= 0.6 is 12.4 Å². The van der Waals surface area contributed by atoms with Gasteiger partial charge in [0.2, 0.25) is 5.82 Å². The number of anilines is 1. The van der Waals surface area contributed by atoms with Crippen LogP contribution in [0.2, 0.25) is 0 Å². The summed E-state index contributed by atoms with van der Waals surface area (Å²) in [5.41, 5.74) is 2.76. The maximum Gasteiger partial charge on any atom is 0.204 e. The molecule has 1 aliphatic heterocycles. The average Bonchev–Trinajstić information content (AvgIpc) is 3.51. The molecule has 0 radical (unpaired) electrons. The first-order chi connectivity index (χ1) is 19.1. The van der Waals surface area contributed by atoms with Crippen LogP contribution in [0.15, 0.2) is 84.9 Å². The molecule has 9 heteroatoms. The number of tetrazole rings is 1. The minimum Gasteiger partial charge on any atom is -0.366 e. The van der Waals surface area contributed by atoms with Crippen LogP contribution in [-0.2, 0) is 0 Å². The first-order valence-electron chi connectivity index (χ1n) is 13.3. The Balaban J connectivity index is 0.00000323. The number of fused-ring (bicyclic) bond motifs is 1. The molecule has 6 rings (SSSR count). The van der Waals surface area contributed by atoms with E-state index in [4.69, 9.17) is 0 Å². The second kappa shape index (κ2) is 12.1. The van der Waals surface area contributed by atoms with E-state index in [-0.39, 0.29) is 47.4 Å². The molecule has 0 aliphatic carbocycles. The molecule has 4 aromatic carbocycles. The number of aromatic nitrogens is 4. The monoisotopic (exact) mass is 560 g/mol. The van der Waals surface area contributed by atoms with E-state index in [9.17, 15) is 0 Å². The maximum atomic E-state index is 15.3. The fourth-order valence-electron chi connectivity index (χ4n) is 5.93. The lowest BCUT2D eigenvalue weighted by molar-refractivity contribution is 0.327. The van der Waals surface area contributed by atoms with E-state index >= 15 is 8.78 Å². The van der Waals surface area contributed by atoms with Crippen molar-refractivity contribution < 1.29 is 8.78 Å². The third-order valence-corrected chi connectivity index (χ3v) is 7.87. The normalized spacial score (nSPS) is 17.9.